The van der Waals surface area contributed by atoms with Crippen molar-refractivity contribution >= 4 is 39.2 Å². The first kappa shape index (κ1) is 20.0. The van der Waals surface area contributed by atoms with Crippen LogP contribution in [-0.4, -0.2) is 31.2 Å². The van der Waals surface area contributed by atoms with Crippen molar-refractivity contribution in [3.63, 3.8) is 0 Å². The summed E-state index contributed by atoms with van der Waals surface area (Å²) in [4.78, 5) is 18.3. The van der Waals surface area contributed by atoms with Gasteiger partial charge in [-0.05, 0) is 49.3 Å². The van der Waals surface area contributed by atoms with Gasteiger partial charge in [-0.1, -0.05) is 30.3 Å². The standard InChI is InChI=1S/C23H26N2O3S/c1-27-11-12-28-21-15-20(22-8-3-2-4-13-29-22)25-19-10-9-17(14-18(19)21)24-23(26)16-6-5-7-16/h4,8-10,13-16H,2-3,5-7,11-12H2,1H3,(H,24,26). The Bertz CT molecular complexity index is 951. The Labute approximate surface area is 175 Å². The Kier molecular flexibility index (Phi) is 6.52. The molecule has 6 heteroatoms. The molecular formula is C23H26N2O3S. The Morgan fingerprint density at radius 3 is 2.93 bits per heavy atom. The summed E-state index contributed by atoms with van der Waals surface area (Å²) in [5, 5.41) is 6.06. The third-order valence-electron chi connectivity index (χ3n) is 5.27. The molecule has 2 heterocycles. The molecule has 1 N–H and O–H groups in total. The molecule has 0 spiro atoms. The van der Waals surface area contributed by atoms with E-state index in [2.05, 4.69) is 22.9 Å². The van der Waals surface area contributed by atoms with Crippen molar-refractivity contribution in [3.05, 3.63) is 47.5 Å². The fourth-order valence-electron chi connectivity index (χ4n) is 3.38. The van der Waals surface area contributed by atoms with Crippen molar-refractivity contribution in [2.45, 2.75) is 32.1 Å². The van der Waals surface area contributed by atoms with E-state index in [0.717, 1.165) is 65.0 Å². The number of amides is 1. The molecule has 0 radical (unpaired) electrons. The number of carbonyl (C=O) groups is 1. The van der Waals surface area contributed by atoms with Crippen LogP contribution in [0.2, 0.25) is 0 Å². The van der Waals surface area contributed by atoms with Crippen LogP contribution in [0, 0.1) is 5.92 Å². The maximum atomic E-state index is 12.3. The zero-order valence-corrected chi connectivity index (χ0v) is 17.5. The molecule has 1 aliphatic carbocycles. The third kappa shape index (κ3) is 4.82. The molecule has 0 saturated heterocycles. The summed E-state index contributed by atoms with van der Waals surface area (Å²) in [5.74, 6) is 1.02. The van der Waals surface area contributed by atoms with E-state index in [4.69, 9.17) is 14.5 Å². The predicted molar refractivity (Wildman–Crippen MR) is 119 cm³/mol. The van der Waals surface area contributed by atoms with Crippen LogP contribution in [0.4, 0.5) is 5.69 Å². The molecule has 152 valence electrons. The topological polar surface area (TPSA) is 60.5 Å². The van der Waals surface area contributed by atoms with E-state index in [1.54, 1.807) is 18.9 Å². The van der Waals surface area contributed by atoms with Crippen molar-refractivity contribution in [1.29, 1.82) is 0 Å². The van der Waals surface area contributed by atoms with Crippen LogP contribution in [-0.2, 0) is 9.53 Å². The number of nitrogens with zero attached hydrogens (tertiary/aromatic N) is 1. The highest BCUT2D eigenvalue weighted by atomic mass is 32.2. The fraction of sp³-hybridized carbons (Fsp3) is 0.391. The number of fused-ring (bicyclic) bond motifs is 1. The molecule has 29 heavy (non-hydrogen) atoms. The predicted octanol–water partition coefficient (Wildman–Crippen LogP) is 5.38. The van der Waals surface area contributed by atoms with Gasteiger partial charge in [0.2, 0.25) is 5.91 Å². The maximum absolute atomic E-state index is 12.3. The Morgan fingerprint density at radius 2 is 2.14 bits per heavy atom. The second kappa shape index (κ2) is 9.46. The Balaban J connectivity index is 1.66. The summed E-state index contributed by atoms with van der Waals surface area (Å²) in [7, 11) is 1.66. The van der Waals surface area contributed by atoms with E-state index in [1.807, 2.05) is 24.3 Å². The molecule has 1 saturated carbocycles. The van der Waals surface area contributed by atoms with Gasteiger partial charge in [0.25, 0.3) is 0 Å². The van der Waals surface area contributed by atoms with Crippen LogP contribution in [0.15, 0.2) is 41.8 Å². The summed E-state index contributed by atoms with van der Waals surface area (Å²) < 4.78 is 11.2. The molecule has 0 unspecified atom stereocenters. The number of allylic oxidation sites excluding steroid dienone is 2. The molecule has 1 aliphatic heterocycles. The first-order valence-electron chi connectivity index (χ1n) is 10.1. The molecule has 4 rings (SSSR count). The van der Waals surface area contributed by atoms with E-state index >= 15 is 0 Å². The lowest BCUT2D eigenvalue weighted by atomic mass is 9.85. The van der Waals surface area contributed by atoms with Gasteiger partial charge in [0.15, 0.2) is 0 Å². The number of benzene rings is 1. The number of anilines is 1. The first-order valence-corrected chi connectivity index (χ1v) is 11.0. The molecule has 0 atom stereocenters. The molecule has 1 aromatic heterocycles. The van der Waals surface area contributed by atoms with Gasteiger partial charge in [0.05, 0.1) is 17.8 Å². The molecule has 1 fully saturated rings. The zero-order valence-electron chi connectivity index (χ0n) is 16.6. The van der Waals surface area contributed by atoms with Crippen molar-refractivity contribution in [2.75, 3.05) is 25.6 Å². The maximum Gasteiger partial charge on any atom is 0.227 e. The van der Waals surface area contributed by atoms with Gasteiger partial charge in [-0.15, -0.1) is 0 Å². The van der Waals surface area contributed by atoms with E-state index < -0.39 is 0 Å². The SMILES string of the molecule is COCCOc1cc(C2=CCCC=CS2)nc2ccc(NC(=O)C3CCC3)cc12. The lowest BCUT2D eigenvalue weighted by Crippen LogP contribution is -2.27. The van der Waals surface area contributed by atoms with Gasteiger partial charge >= 0.3 is 0 Å². The number of pyridine rings is 1. The van der Waals surface area contributed by atoms with Crippen LogP contribution in [0.1, 0.15) is 37.8 Å². The minimum absolute atomic E-state index is 0.105. The number of carbonyl (C=O) groups excluding carboxylic acids is 1. The van der Waals surface area contributed by atoms with Crippen LogP contribution < -0.4 is 10.1 Å². The monoisotopic (exact) mass is 410 g/mol. The molecule has 2 aromatic rings. The van der Waals surface area contributed by atoms with E-state index in [0.29, 0.717) is 13.2 Å². The number of hydrogen-bond acceptors (Lipinski definition) is 5. The number of rotatable bonds is 7. The molecular weight excluding hydrogens is 384 g/mol. The second-order valence-corrected chi connectivity index (χ2v) is 8.28. The lowest BCUT2D eigenvalue weighted by molar-refractivity contribution is -0.122. The average Bonchev–Trinajstić information content (AvgIpc) is 2.96. The number of ether oxygens (including phenoxy) is 2. The first-order chi connectivity index (χ1) is 14.2. The van der Waals surface area contributed by atoms with Crippen molar-refractivity contribution in [2.24, 2.45) is 5.92 Å². The van der Waals surface area contributed by atoms with Crippen molar-refractivity contribution in [1.82, 2.24) is 4.98 Å². The van der Waals surface area contributed by atoms with Gasteiger partial charge in [-0.2, -0.15) is 0 Å². The Hall–Kier alpha value is -2.31. The van der Waals surface area contributed by atoms with Gasteiger partial charge in [-0.3, -0.25) is 4.79 Å². The number of nitrogens with one attached hydrogen (secondary N) is 1. The third-order valence-corrected chi connectivity index (χ3v) is 6.22. The van der Waals surface area contributed by atoms with E-state index in [9.17, 15) is 4.79 Å². The number of methoxy groups -OCH3 is 1. The highest BCUT2D eigenvalue weighted by Gasteiger charge is 2.25. The molecule has 1 aromatic carbocycles. The van der Waals surface area contributed by atoms with Crippen molar-refractivity contribution in [3.8, 4) is 5.75 Å². The van der Waals surface area contributed by atoms with E-state index in [-0.39, 0.29) is 11.8 Å². The number of thioether (sulfide) groups is 1. The van der Waals surface area contributed by atoms with Gasteiger partial charge in [0, 0.05) is 35.1 Å². The lowest BCUT2D eigenvalue weighted by Gasteiger charge is -2.24. The summed E-state index contributed by atoms with van der Waals surface area (Å²) in [6.07, 6.45) is 9.57. The van der Waals surface area contributed by atoms with E-state index in [1.165, 1.54) is 0 Å². The Morgan fingerprint density at radius 1 is 1.24 bits per heavy atom. The molecule has 2 aliphatic rings. The smallest absolute Gasteiger partial charge is 0.227 e. The second-order valence-electron chi connectivity index (χ2n) is 7.33. The van der Waals surface area contributed by atoms with Crippen LogP contribution in [0.5, 0.6) is 5.75 Å². The summed E-state index contributed by atoms with van der Waals surface area (Å²) in [5.41, 5.74) is 2.55. The summed E-state index contributed by atoms with van der Waals surface area (Å²) in [6, 6.07) is 7.83. The van der Waals surface area contributed by atoms with Gasteiger partial charge < -0.3 is 14.8 Å². The van der Waals surface area contributed by atoms with Crippen LogP contribution >= 0.6 is 11.8 Å². The minimum Gasteiger partial charge on any atom is -0.490 e. The number of hydrogen-bond donors (Lipinski definition) is 1. The highest BCUT2D eigenvalue weighted by molar-refractivity contribution is 8.10. The number of aromatic nitrogens is 1. The fourth-order valence-corrected chi connectivity index (χ4v) is 4.20. The normalized spacial score (nSPS) is 16.8. The molecule has 0 bridgehead atoms. The quantitative estimate of drug-likeness (QED) is 0.621. The molecule has 1 amide bonds. The van der Waals surface area contributed by atoms with Crippen LogP contribution in [0.25, 0.3) is 15.8 Å². The zero-order chi connectivity index (χ0) is 20.1. The highest BCUT2D eigenvalue weighted by Crippen LogP contribution is 2.36. The van der Waals surface area contributed by atoms with Crippen LogP contribution in [0.3, 0.4) is 0 Å². The van der Waals surface area contributed by atoms with Gasteiger partial charge in [-0.25, -0.2) is 4.98 Å². The largest absolute Gasteiger partial charge is 0.490 e. The average molecular weight is 411 g/mol. The van der Waals surface area contributed by atoms with Crippen molar-refractivity contribution < 1.29 is 14.3 Å². The summed E-state index contributed by atoms with van der Waals surface area (Å²) in [6.45, 7) is 0.969. The summed E-state index contributed by atoms with van der Waals surface area (Å²) >= 11 is 1.69. The minimum atomic E-state index is 0.105. The molecule has 5 nitrogen and oxygen atoms in total. The van der Waals surface area contributed by atoms with Gasteiger partial charge in [0.1, 0.15) is 12.4 Å².